The van der Waals surface area contributed by atoms with Gasteiger partial charge < -0.3 is 0 Å². The van der Waals surface area contributed by atoms with Crippen LogP contribution in [0.3, 0.4) is 0 Å². The minimum absolute atomic E-state index is 0.774. The SMILES string of the molecule is CCCCC(CC)c1ccccc1C. The highest BCUT2D eigenvalue weighted by molar-refractivity contribution is 5.28. The Labute approximate surface area is 88.4 Å². The first-order valence-corrected chi connectivity index (χ1v) is 5.85. The minimum Gasteiger partial charge on any atom is -0.0654 e. The third-order valence-corrected chi connectivity index (χ3v) is 3.03. The van der Waals surface area contributed by atoms with Gasteiger partial charge in [-0.25, -0.2) is 0 Å². The van der Waals surface area contributed by atoms with E-state index in [0.29, 0.717) is 0 Å². The molecule has 1 aromatic rings. The van der Waals surface area contributed by atoms with E-state index in [4.69, 9.17) is 0 Å². The summed E-state index contributed by atoms with van der Waals surface area (Å²) in [5.41, 5.74) is 3.01. The van der Waals surface area contributed by atoms with Crippen molar-refractivity contribution < 1.29 is 0 Å². The lowest BCUT2D eigenvalue weighted by atomic mass is 9.88. The third kappa shape index (κ3) is 2.87. The molecule has 14 heavy (non-hydrogen) atoms. The monoisotopic (exact) mass is 190 g/mol. The fourth-order valence-electron chi connectivity index (χ4n) is 2.07. The van der Waals surface area contributed by atoms with Crippen LogP contribution in [0.15, 0.2) is 24.3 Å². The van der Waals surface area contributed by atoms with Gasteiger partial charge >= 0.3 is 0 Å². The molecule has 0 aliphatic heterocycles. The van der Waals surface area contributed by atoms with Crippen LogP contribution in [0.5, 0.6) is 0 Å². The van der Waals surface area contributed by atoms with Gasteiger partial charge in [-0.2, -0.15) is 0 Å². The van der Waals surface area contributed by atoms with Gasteiger partial charge in [-0.05, 0) is 36.8 Å². The lowest BCUT2D eigenvalue weighted by Gasteiger charge is -2.17. The molecule has 0 nitrogen and oxygen atoms in total. The molecule has 1 rings (SSSR count). The topological polar surface area (TPSA) is 0 Å². The summed E-state index contributed by atoms with van der Waals surface area (Å²) in [7, 11) is 0. The van der Waals surface area contributed by atoms with E-state index < -0.39 is 0 Å². The molecule has 0 aromatic heterocycles. The number of aryl methyl sites for hydroxylation is 1. The molecule has 0 heteroatoms. The first kappa shape index (κ1) is 11.3. The molecule has 0 amide bonds. The highest BCUT2D eigenvalue weighted by Gasteiger charge is 2.10. The molecule has 0 aliphatic rings. The van der Waals surface area contributed by atoms with Crippen LogP contribution in [0.1, 0.15) is 56.6 Å². The van der Waals surface area contributed by atoms with Crippen molar-refractivity contribution in [3.05, 3.63) is 35.4 Å². The van der Waals surface area contributed by atoms with Gasteiger partial charge in [0, 0.05) is 0 Å². The number of rotatable bonds is 5. The van der Waals surface area contributed by atoms with Crippen LogP contribution in [0.4, 0.5) is 0 Å². The number of hydrogen-bond acceptors (Lipinski definition) is 0. The maximum atomic E-state index is 2.30. The summed E-state index contributed by atoms with van der Waals surface area (Å²) in [4.78, 5) is 0. The molecule has 0 saturated carbocycles. The predicted molar refractivity (Wildman–Crippen MR) is 63.7 cm³/mol. The van der Waals surface area contributed by atoms with Gasteiger partial charge in [0.1, 0.15) is 0 Å². The molecule has 0 N–H and O–H groups in total. The van der Waals surface area contributed by atoms with Gasteiger partial charge in [-0.3, -0.25) is 0 Å². The van der Waals surface area contributed by atoms with Gasteiger partial charge in [0.25, 0.3) is 0 Å². The first-order valence-electron chi connectivity index (χ1n) is 5.85. The maximum absolute atomic E-state index is 2.30. The van der Waals surface area contributed by atoms with Crippen LogP contribution in [0, 0.1) is 6.92 Å². The summed E-state index contributed by atoms with van der Waals surface area (Å²) in [5, 5.41) is 0. The molecule has 0 bridgehead atoms. The second-order valence-electron chi connectivity index (χ2n) is 4.10. The van der Waals surface area contributed by atoms with Crippen LogP contribution in [-0.4, -0.2) is 0 Å². The molecule has 1 aromatic carbocycles. The van der Waals surface area contributed by atoms with E-state index in [2.05, 4.69) is 45.0 Å². The van der Waals surface area contributed by atoms with Crippen molar-refractivity contribution in [2.24, 2.45) is 0 Å². The summed E-state index contributed by atoms with van der Waals surface area (Å²) in [6.45, 7) is 6.79. The molecule has 1 unspecified atom stereocenters. The van der Waals surface area contributed by atoms with Crippen molar-refractivity contribution in [1.29, 1.82) is 0 Å². The largest absolute Gasteiger partial charge is 0.0654 e. The Morgan fingerprint density at radius 2 is 1.86 bits per heavy atom. The highest BCUT2D eigenvalue weighted by Crippen LogP contribution is 2.27. The second kappa shape index (κ2) is 5.85. The fraction of sp³-hybridized carbons (Fsp3) is 0.571. The van der Waals surface area contributed by atoms with E-state index in [1.165, 1.54) is 31.2 Å². The van der Waals surface area contributed by atoms with Crippen molar-refractivity contribution in [3.63, 3.8) is 0 Å². The van der Waals surface area contributed by atoms with Crippen molar-refractivity contribution in [2.75, 3.05) is 0 Å². The Morgan fingerprint density at radius 3 is 2.43 bits per heavy atom. The van der Waals surface area contributed by atoms with E-state index in [9.17, 15) is 0 Å². The Bertz CT molecular complexity index is 262. The lowest BCUT2D eigenvalue weighted by Crippen LogP contribution is -1.99. The molecular weight excluding hydrogens is 168 g/mol. The van der Waals surface area contributed by atoms with Gasteiger partial charge in [0.2, 0.25) is 0 Å². The standard InChI is InChI=1S/C14H22/c1-4-6-10-13(5-2)14-11-8-7-9-12(14)3/h7-9,11,13H,4-6,10H2,1-3H3. The summed E-state index contributed by atoms with van der Waals surface area (Å²) < 4.78 is 0. The molecule has 0 saturated heterocycles. The van der Waals surface area contributed by atoms with Crippen LogP contribution < -0.4 is 0 Å². The van der Waals surface area contributed by atoms with Crippen molar-refractivity contribution in [2.45, 2.75) is 52.4 Å². The summed E-state index contributed by atoms with van der Waals surface area (Å²) in [5.74, 6) is 0.774. The molecule has 1 atom stereocenters. The summed E-state index contributed by atoms with van der Waals surface area (Å²) in [6.07, 6.45) is 5.28. The maximum Gasteiger partial charge on any atom is -0.0162 e. The van der Waals surface area contributed by atoms with Crippen LogP contribution in [0.2, 0.25) is 0 Å². The van der Waals surface area contributed by atoms with Gasteiger partial charge in [0.15, 0.2) is 0 Å². The summed E-state index contributed by atoms with van der Waals surface area (Å²) in [6, 6.07) is 8.81. The zero-order chi connectivity index (χ0) is 10.4. The Hall–Kier alpha value is -0.780. The smallest absolute Gasteiger partial charge is 0.0162 e. The molecule has 0 radical (unpaired) electrons. The predicted octanol–water partition coefficient (Wildman–Crippen LogP) is 4.68. The Morgan fingerprint density at radius 1 is 1.14 bits per heavy atom. The van der Waals surface area contributed by atoms with Gasteiger partial charge in [-0.15, -0.1) is 0 Å². The van der Waals surface area contributed by atoms with Crippen molar-refractivity contribution in [3.8, 4) is 0 Å². The van der Waals surface area contributed by atoms with Crippen molar-refractivity contribution >= 4 is 0 Å². The number of benzene rings is 1. The fourth-order valence-corrected chi connectivity index (χ4v) is 2.07. The third-order valence-electron chi connectivity index (χ3n) is 3.03. The van der Waals surface area contributed by atoms with Crippen LogP contribution in [-0.2, 0) is 0 Å². The molecule has 0 spiro atoms. The normalized spacial score (nSPS) is 12.8. The number of unbranched alkanes of at least 4 members (excludes halogenated alkanes) is 1. The Kier molecular flexibility index (Phi) is 4.72. The van der Waals surface area contributed by atoms with E-state index in [0.717, 1.165) is 5.92 Å². The van der Waals surface area contributed by atoms with E-state index in [1.54, 1.807) is 5.56 Å². The van der Waals surface area contributed by atoms with E-state index >= 15 is 0 Å². The van der Waals surface area contributed by atoms with Crippen molar-refractivity contribution in [1.82, 2.24) is 0 Å². The van der Waals surface area contributed by atoms with Crippen LogP contribution in [0.25, 0.3) is 0 Å². The molecule has 0 fully saturated rings. The first-order chi connectivity index (χ1) is 6.79. The van der Waals surface area contributed by atoms with Crippen LogP contribution >= 0.6 is 0 Å². The molecular formula is C14H22. The Balaban J connectivity index is 2.73. The van der Waals surface area contributed by atoms with E-state index in [1.807, 2.05) is 0 Å². The van der Waals surface area contributed by atoms with E-state index in [-0.39, 0.29) is 0 Å². The highest BCUT2D eigenvalue weighted by atomic mass is 14.1. The molecule has 78 valence electrons. The quantitative estimate of drug-likeness (QED) is 0.632. The average Bonchev–Trinajstić information content (AvgIpc) is 2.21. The number of hydrogen-bond donors (Lipinski definition) is 0. The minimum atomic E-state index is 0.774. The van der Waals surface area contributed by atoms with Gasteiger partial charge in [-0.1, -0.05) is 51.0 Å². The van der Waals surface area contributed by atoms with Gasteiger partial charge in [0.05, 0.1) is 0 Å². The molecule has 0 heterocycles. The average molecular weight is 190 g/mol. The second-order valence-corrected chi connectivity index (χ2v) is 4.10. The zero-order valence-electron chi connectivity index (χ0n) is 9.72. The molecule has 0 aliphatic carbocycles. The lowest BCUT2D eigenvalue weighted by molar-refractivity contribution is 0.567. The summed E-state index contributed by atoms with van der Waals surface area (Å²) >= 11 is 0. The zero-order valence-corrected chi connectivity index (χ0v) is 9.72.